The highest BCUT2D eigenvalue weighted by Gasteiger charge is 2.52. The second-order valence-corrected chi connectivity index (χ2v) is 8.88. The van der Waals surface area contributed by atoms with Crippen LogP contribution in [-0.2, 0) is 33.1 Å². The van der Waals surface area contributed by atoms with Crippen LogP contribution in [-0.4, -0.2) is 37.8 Å². The van der Waals surface area contributed by atoms with Gasteiger partial charge in [-0.25, -0.2) is 4.98 Å². The molecule has 0 radical (unpaired) electrons. The molecule has 1 heterocycles. The third-order valence-corrected chi connectivity index (χ3v) is 5.65. The summed E-state index contributed by atoms with van der Waals surface area (Å²) >= 11 is 0. The summed E-state index contributed by atoms with van der Waals surface area (Å²) in [5, 5.41) is 11.3. The van der Waals surface area contributed by atoms with E-state index < -0.39 is 64.8 Å². The van der Waals surface area contributed by atoms with Crippen molar-refractivity contribution >= 4 is 25.9 Å². The van der Waals surface area contributed by atoms with E-state index in [1.807, 2.05) is 0 Å². The second-order valence-electron chi connectivity index (χ2n) is 5.80. The topological polar surface area (TPSA) is 143 Å². The zero-order valence-corrected chi connectivity index (χ0v) is 15.9. The number of halogens is 6. The molecular formula is C12H10F6N2O8S2. The summed E-state index contributed by atoms with van der Waals surface area (Å²) in [5.74, 6) is -3.47. The van der Waals surface area contributed by atoms with E-state index in [4.69, 9.17) is 0 Å². The summed E-state index contributed by atoms with van der Waals surface area (Å²) in [4.78, 5) is 13.0. The van der Waals surface area contributed by atoms with Crippen molar-refractivity contribution in [1.29, 1.82) is 0 Å². The number of nitrogens with zero attached hydrogens (tertiary/aromatic N) is 2. The minimum Gasteiger partial charge on any atom is -0.368 e. The van der Waals surface area contributed by atoms with Crippen LogP contribution in [0, 0.1) is 10.1 Å². The molecule has 0 aliphatic heterocycles. The lowest BCUT2D eigenvalue weighted by Gasteiger charge is -2.17. The van der Waals surface area contributed by atoms with E-state index in [2.05, 4.69) is 13.4 Å². The van der Waals surface area contributed by atoms with Crippen LogP contribution in [0.15, 0.2) is 0 Å². The number of rotatable bonds is 5. The van der Waals surface area contributed by atoms with Crippen LogP contribution in [0.2, 0.25) is 0 Å². The Morgan fingerprint density at radius 2 is 1.37 bits per heavy atom. The molecule has 0 aromatic carbocycles. The largest absolute Gasteiger partial charge is 0.534 e. The fourth-order valence-corrected chi connectivity index (χ4v) is 3.38. The van der Waals surface area contributed by atoms with Gasteiger partial charge in [-0.15, -0.1) is 0 Å². The molecule has 18 heteroatoms. The molecule has 0 spiro atoms. The van der Waals surface area contributed by atoms with Crippen molar-refractivity contribution in [2.24, 2.45) is 0 Å². The first-order chi connectivity index (χ1) is 13.5. The summed E-state index contributed by atoms with van der Waals surface area (Å²) in [6, 6.07) is 0. The fourth-order valence-electron chi connectivity index (χ4n) is 2.47. The molecule has 0 unspecified atom stereocenters. The first-order valence-corrected chi connectivity index (χ1v) is 10.5. The standard InChI is InChI=1S/C12H10F6N2O8S2/c13-11(14,15)29(23,24)27-9-6-4-2-1-3-5-7(6)19-10(8(9)20(21)22)28-30(25,26)12(16,17)18/h1-5H2. The van der Waals surface area contributed by atoms with Crippen molar-refractivity contribution < 1.29 is 56.5 Å². The molecule has 10 nitrogen and oxygen atoms in total. The van der Waals surface area contributed by atoms with Crippen molar-refractivity contribution in [3.8, 4) is 11.6 Å². The minimum atomic E-state index is -6.53. The quantitative estimate of drug-likeness (QED) is 0.153. The predicted octanol–water partition coefficient (Wildman–Crippen LogP) is 2.72. The maximum absolute atomic E-state index is 12.7. The summed E-state index contributed by atoms with van der Waals surface area (Å²) in [6.45, 7) is 0. The lowest BCUT2D eigenvalue weighted by atomic mass is 10.1. The van der Waals surface area contributed by atoms with Gasteiger partial charge in [0.1, 0.15) is 0 Å². The molecule has 0 bridgehead atoms. The van der Waals surface area contributed by atoms with Gasteiger partial charge in [0, 0.05) is 5.56 Å². The molecule has 0 saturated carbocycles. The summed E-state index contributed by atoms with van der Waals surface area (Å²) in [5.41, 5.74) is -14.9. The van der Waals surface area contributed by atoms with Crippen LogP contribution in [0.25, 0.3) is 0 Å². The first kappa shape index (κ1) is 23.9. The maximum Gasteiger partial charge on any atom is 0.534 e. The summed E-state index contributed by atoms with van der Waals surface area (Å²) in [6.07, 6.45) is 0.451. The predicted molar refractivity (Wildman–Crippen MR) is 83.4 cm³/mol. The van der Waals surface area contributed by atoms with E-state index in [9.17, 15) is 53.3 Å². The van der Waals surface area contributed by atoms with Gasteiger partial charge in [0.05, 0.1) is 10.6 Å². The molecule has 1 aliphatic rings. The monoisotopic (exact) mass is 488 g/mol. The number of nitro groups is 1. The minimum absolute atomic E-state index is 0.168. The van der Waals surface area contributed by atoms with Gasteiger partial charge in [-0.2, -0.15) is 43.2 Å². The van der Waals surface area contributed by atoms with Gasteiger partial charge in [-0.3, -0.25) is 10.1 Å². The molecule has 1 aliphatic carbocycles. The molecular weight excluding hydrogens is 478 g/mol. The molecule has 1 aromatic rings. The maximum atomic E-state index is 12.7. The fraction of sp³-hybridized carbons (Fsp3) is 0.583. The average molecular weight is 488 g/mol. The summed E-state index contributed by atoms with van der Waals surface area (Å²) in [7, 11) is -13.0. The average Bonchev–Trinajstić information content (AvgIpc) is 2.77. The molecule has 0 N–H and O–H groups in total. The highest BCUT2D eigenvalue weighted by molar-refractivity contribution is 7.88. The number of pyridine rings is 1. The number of aryl methyl sites for hydroxylation is 1. The Morgan fingerprint density at radius 1 is 0.867 bits per heavy atom. The molecule has 0 atom stereocenters. The number of aromatic nitrogens is 1. The van der Waals surface area contributed by atoms with Gasteiger partial charge in [0.2, 0.25) is 5.75 Å². The zero-order chi connectivity index (χ0) is 23.1. The number of fused-ring (bicyclic) bond motifs is 1. The van der Waals surface area contributed by atoms with Gasteiger partial charge >= 0.3 is 42.8 Å². The lowest BCUT2D eigenvalue weighted by molar-refractivity contribution is -0.386. The van der Waals surface area contributed by atoms with E-state index in [0.717, 1.165) is 0 Å². The van der Waals surface area contributed by atoms with Gasteiger partial charge in [-0.1, -0.05) is 6.42 Å². The number of hydrogen-bond donors (Lipinski definition) is 0. The van der Waals surface area contributed by atoms with Crippen LogP contribution in [0.3, 0.4) is 0 Å². The van der Waals surface area contributed by atoms with Gasteiger partial charge in [-0.05, 0) is 25.7 Å². The Morgan fingerprint density at radius 3 is 1.87 bits per heavy atom. The lowest BCUT2D eigenvalue weighted by Crippen LogP contribution is -2.30. The van der Waals surface area contributed by atoms with Crippen molar-refractivity contribution in [2.75, 3.05) is 0 Å². The van der Waals surface area contributed by atoms with Crippen LogP contribution in [0.1, 0.15) is 30.5 Å². The van der Waals surface area contributed by atoms with Crippen LogP contribution in [0.4, 0.5) is 32.0 Å². The number of alkyl halides is 6. The molecule has 2 rings (SSSR count). The molecule has 0 fully saturated rings. The molecule has 1 aromatic heterocycles. The SMILES string of the molecule is O=[N+]([O-])c1c(OS(=O)(=O)C(F)(F)F)nc2c(c1OS(=O)(=O)C(F)(F)F)CCCCC2. The Balaban J connectivity index is 2.82. The van der Waals surface area contributed by atoms with E-state index in [0.29, 0.717) is 6.42 Å². The van der Waals surface area contributed by atoms with Crippen molar-refractivity contribution in [2.45, 2.75) is 43.1 Å². The van der Waals surface area contributed by atoms with Crippen molar-refractivity contribution in [3.05, 3.63) is 21.4 Å². The van der Waals surface area contributed by atoms with E-state index >= 15 is 0 Å². The summed E-state index contributed by atoms with van der Waals surface area (Å²) < 4.78 is 129. The smallest absolute Gasteiger partial charge is 0.368 e. The Kier molecular flexibility index (Phi) is 6.14. The van der Waals surface area contributed by atoms with Crippen molar-refractivity contribution in [1.82, 2.24) is 4.98 Å². The highest BCUT2D eigenvalue weighted by atomic mass is 32.2. The van der Waals surface area contributed by atoms with Gasteiger partial charge < -0.3 is 8.37 Å². The Hall–Kier alpha value is -2.37. The third-order valence-electron chi connectivity index (χ3n) is 3.75. The first-order valence-electron chi connectivity index (χ1n) is 7.69. The van der Waals surface area contributed by atoms with Gasteiger partial charge in [0.25, 0.3) is 0 Å². The normalized spacial score (nSPS) is 15.8. The Bertz CT molecular complexity index is 1070. The number of hydrogen-bond acceptors (Lipinski definition) is 9. The second kappa shape index (κ2) is 7.71. The zero-order valence-electron chi connectivity index (χ0n) is 14.3. The third kappa shape index (κ3) is 4.68. The van der Waals surface area contributed by atoms with Gasteiger partial charge in [0.15, 0.2) is 0 Å². The molecule has 0 saturated heterocycles. The van der Waals surface area contributed by atoms with E-state index in [1.54, 1.807) is 0 Å². The van der Waals surface area contributed by atoms with E-state index in [1.165, 1.54) is 0 Å². The van der Waals surface area contributed by atoms with Crippen molar-refractivity contribution in [3.63, 3.8) is 0 Å². The highest BCUT2D eigenvalue weighted by Crippen LogP contribution is 2.45. The molecule has 30 heavy (non-hydrogen) atoms. The van der Waals surface area contributed by atoms with Crippen LogP contribution in [0.5, 0.6) is 11.6 Å². The molecule has 170 valence electrons. The van der Waals surface area contributed by atoms with Crippen LogP contribution < -0.4 is 8.37 Å². The van der Waals surface area contributed by atoms with E-state index in [-0.39, 0.29) is 25.7 Å². The Labute approximate surface area is 164 Å². The molecule has 0 amide bonds. The van der Waals surface area contributed by atoms with Crippen LogP contribution >= 0.6 is 0 Å².